The summed E-state index contributed by atoms with van der Waals surface area (Å²) >= 11 is 0. The van der Waals surface area contributed by atoms with Crippen LogP contribution in [-0.4, -0.2) is 28.1 Å². The maximum atomic E-state index is 12.3. The number of rotatable bonds is 1. The molecule has 0 unspecified atom stereocenters. The van der Waals surface area contributed by atoms with E-state index in [-0.39, 0.29) is 0 Å². The number of carboxylic acids is 1. The molecule has 0 aromatic carbocycles. The minimum absolute atomic E-state index is 0.416. The number of ether oxygens (including phenoxy) is 1. The molecule has 1 aliphatic carbocycles. The fourth-order valence-corrected chi connectivity index (χ4v) is 1.88. The highest BCUT2D eigenvalue weighted by Gasteiger charge is 2.39. The van der Waals surface area contributed by atoms with Crippen LogP contribution in [0.1, 0.15) is 28.9 Å². The molecule has 0 amide bonds. The Hall–Kier alpha value is -2.04. The van der Waals surface area contributed by atoms with Crippen molar-refractivity contribution in [3.63, 3.8) is 0 Å². The number of fused-ring (bicyclic) bond motifs is 1. The number of aliphatic hydroxyl groups is 1. The lowest BCUT2D eigenvalue weighted by Gasteiger charge is -2.32. The van der Waals surface area contributed by atoms with Crippen molar-refractivity contribution >= 4 is 11.8 Å². The largest absolute Gasteiger partial charge is 0.507 e. The first-order valence-electron chi connectivity index (χ1n) is 8.10. The average Bonchev–Trinajstić information content (AvgIpc) is 2.34. The highest BCUT2D eigenvalue weighted by molar-refractivity contribution is 6.26. The highest BCUT2D eigenvalue weighted by Crippen LogP contribution is 2.39. The van der Waals surface area contributed by atoms with E-state index in [1.807, 2.05) is 0 Å². The molecule has 2 rings (SSSR count). The Kier molecular flexibility index (Phi) is 1.51. The summed E-state index contributed by atoms with van der Waals surface area (Å²) in [6.07, 6.45) is -0.147. The number of carboxylic acid groups (broad SMARTS) is 1. The molecule has 5 heteroatoms. The van der Waals surface area contributed by atoms with Crippen LogP contribution in [0.5, 0.6) is 0 Å². The summed E-state index contributed by atoms with van der Waals surface area (Å²) < 4.78 is 50.7. The van der Waals surface area contributed by atoms with E-state index < -0.39 is 65.5 Å². The number of aliphatic hydroxyl groups excluding tert-OH is 1. The van der Waals surface area contributed by atoms with Gasteiger partial charge in [0.25, 0.3) is 0 Å². The van der Waals surface area contributed by atoms with Gasteiger partial charge in [-0.3, -0.25) is 4.79 Å². The summed E-state index contributed by atoms with van der Waals surface area (Å²) in [6.45, 7) is -4.38. The van der Waals surface area contributed by atoms with Gasteiger partial charge in [-0.25, -0.2) is 4.79 Å². The van der Waals surface area contributed by atoms with Gasteiger partial charge in [0.1, 0.15) is 17.4 Å². The average molecular weight is 256 g/mol. The summed E-state index contributed by atoms with van der Waals surface area (Å²) in [6, 6.07) is 0. The molecule has 18 heavy (non-hydrogen) atoms. The van der Waals surface area contributed by atoms with Crippen LogP contribution < -0.4 is 0 Å². The van der Waals surface area contributed by atoms with Crippen molar-refractivity contribution in [2.24, 2.45) is 5.92 Å². The normalized spacial score (nSPS) is 34.1. The van der Waals surface area contributed by atoms with Crippen molar-refractivity contribution in [1.29, 1.82) is 0 Å². The van der Waals surface area contributed by atoms with Gasteiger partial charge in [0.05, 0.1) is 11.8 Å². The van der Waals surface area contributed by atoms with E-state index in [2.05, 4.69) is 0 Å². The van der Waals surface area contributed by atoms with Gasteiger partial charge in [-0.1, -0.05) is 6.85 Å². The number of allylic oxidation sites excluding steroid dienone is 2. The zero-order valence-corrected chi connectivity index (χ0v) is 9.35. The molecule has 1 heterocycles. The van der Waals surface area contributed by atoms with E-state index in [1.54, 1.807) is 0 Å². The molecule has 0 bridgehead atoms. The third kappa shape index (κ3) is 1.54. The van der Waals surface area contributed by atoms with Gasteiger partial charge in [-0.2, -0.15) is 0 Å². The third-order valence-corrected chi connectivity index (χ3v) is 2.90. The maximum absolute atomic E-state index is 12.3. The summed E-state index contributed by atoms with van der Waals surface area (Å²) in [5.41, 5.74) is -2.86. The van der Waals surface area contributed by atoms with Crippen LogP contribution in [-0.2, 0) is 14.3 Å². The van der Waals surface area contributed by atoms with Gasteiger partial charge < -0.3 is 14.9 Å². The highest BCUT2D eigenvalue weighted by atomic mass is 16.5. The Labute approximate surface area is 112 Å². The molecule has 2 atom stereocenters. The van der Waals surface area contributed by atoms with Gasteiger partial charge >= 0.3 is 5.97 Å². The minimum atomic E-state index is -3.03. The van der Waals surface area contributed by atoms with Crippen LogP contribution in [0.4, 0.5) is 0 Å². The fourth-order valence-electron chi connectivity index (χ4n) is 1.88. The molecule has 1 aliphatic heterocycles. The molecule has 0 saturated heterocycles. The zero-order chi connectivity index (χ0) is 18.6. The van der Waals surface area contributed by atoms with Crippen LogP contribution >= 0.6 is 0 Å². The fraction of sp³-hybridized carbons (Fsp3) is 0.385. The lowest BCUT2D eigenvalue weighted by atomic mass is 9.78. The molecular weight excluding hydrogens is 236 g/mol. The predicted octanol–water partition coefficient (Wildman–Crippen LogP) is 1.72. The van der Waals surface area contributed by atoms with Crippen molar-refractivity contribution in [3.05, 3.63) is 34.3 Å². The second-order valence-corrected chi connectivity index (χ2v) is 4.00. The summed E-state index contributed by atoms with van der Waals surface area (Å²) in [5, 5.41) is 19.2. The van der Waals surface area contributed by atoms with Crippen molar-refractivity contribution in [3.8, 4) is 0 Å². The van der Waals surface area contributed by atoms with Crippen molar-refractivity contribution in [1.82, 2.24) is 0 Å². The number of Topliss-reactive ketones (excluding diaryl/α,β-unsaturated/α-hetero) is 1. The van der Waals surface area contributed by atoms with E-state index >= 15 is 0 Å². The Morgan fingerprint density at radius 3 is 2.83 bits per heavy atom. The Bertz CT molecular complexity index is 709. The van der Waals surface area contributed by atoms with Crippen LogP contribution in [0.2, 0.25) is 0 Å². The molecule has 2 aliphatic rings. The number of hydrogen-bond acceptors (Lipinski definition) is 4. The molecule has 0 saturated carbocycles. The van der Waals surface area contributed by atoms with Crippen molar-refractivity contribution < 1.29 is 32.8 Å². The third-order valence-electron chi connectivity index (χ3n) is 2.90. The quantitative estimate of drug-likeness (QED) is 0.698. The number of hydrogen-bond donors (Lipinski definition) is 2. The summed E-state index contributed by atoms with van der Waals surface area (Å²) in [5.74, 6) is -5.75. The van der Waals surface area contributed by atoms with Crippen LogP contribution in [0.25, 0.3) is 0 Å². The molecule has 0 fully saturated rings. The van der Waals surface area contributed by atoms with Gasteiger partial charge in [-0.15, -0.1) is 0 Å². The van der Waals surface area contributed by atoms with Gasteiger partial charge in [0.2, 0.25) is 5.78 Å². The molecule has 5 nitrogen and oxygen atoms in total. The number of aliphatic carboxylic acids is 1. The standard InChI is InChI=1S/C13H14O5/c1-5-7(3)18-4-8-9(5)6(2)11(14)10(12(8)15)13(16)17/h4-5,7,14H,1-3H3,(H,16,17)/t5-,7-/m1/s1/i1D3,2D3. The monoisotopic (exact) mass is 256 g/mol. The molecule has 0 radical (unpaired) electrons. The van der Waals surface area contributed by atoms with Crippen molar-refractivity contribution in [2.45, 2.75) is 26.7 Å². The minimum Gasteiger partial charge on any atom is -0.507 e. The number of carbonyl (C=O) groups is 2. The van der Waals surface area contributed by atoms with E-state index in [0.717, 1.165) is 6.26 Å². The van der Waals surface area contributed by atoms with E-state index in [0.29, 0.717) is 0 Å². The Morgan fingerprint density at radius 1 is 1.56 bits per heavy atom. The van der Waals surface area contributed by atoms with Crippen LogP contribution in [0, 0.1) is 5.92 Å². The second kappa shape index (κ2) is 4.01. The molecule has 0 aromatic rings. The lowest BCUT2D eigenvalue weighted by molar-refractivity contribution is -0.134. The summed E-state index contributed by atoms with van der Waals surface area (Å²) in [7, 11) is 0. The van der Waals surface area contributed by atoms with Gasteiger partial charge in [0.15, 0.2) is 0 Å². The maximum Gasteiger partial charge on any atom is 0.343 e. The van der Waals surface area contributed by atoms with E-state index in [1.165, 1.54) is 6.92 Å². The second-order valence-electron chi connectivity index (χ2n) is 4.00. The van der Waals surface area contributed by atoms with Gasteiger partial charge in [0, 0.05) is 14.1 Å². The Morgan fingerprint density at radius 2 is 2.28 bits per heavy atom. The number of carbonyl (C=O) groups excluding carboxylic acids is 1. The lowest BCUT2D eigenvalue weighted by Crippen LogP contribution is -2.32. The number of ketones is 1. The van der Waals surface area contributed by atoms with Crippen LogP contribution in [0.15, 0.2) is 34.3 Å². The molecule has 0 spiro atoms. The topological polar surface area (TPSA) is 83.8 Å². The first kappa shape index (κ1) is 6.78. The molecule has 96 valence electrons. The zero-order valence-electron chi connectivity index (χ0n) is 15.4. The van der Waals surface area contributed by atoms with E-state index in [4.69, 9.17) is 18.1 Å². The smallest absolute Gasteiger partial charge is 0.343 e. The van der Waals surface area contributed by atoms with Crippen LogP contribution in [0.3, 0.4) is 0 Å². The predicted molar refractivity (Wildman–Crippen MR) is 62.8 cm³/mol. The van der Waals surface area contributed by atoms with Crippen molar-refractivity contribution in [2.75, 3.05) is 0 Å². The SMILES string of the molecule is [2H]C([2H])([2H])C1=C2C(=CO[C@H](C)[C@H]2C([2H])([2H])[2H])C(=O)C(C(=O)O)=C1O. The molecule has 2 N–H and O–H groups in total. The Balaban J connectivity index is 2.93. The van der Waals surface area contributed by atoms with Gasteiger partial charge in [-0.05, 0) is 24.9 Å². The first-order valence-corrected chi connectivity index (χ1v) is 5.10. The molecule has 0 aromatic heterocycles. The first-order chi connectivity index (χ1) is 10.8. The molecular formula is C13H14O5. The summed E-state index contributed by atoms with van der Waals surface area (Å²) in [4.78, 5) is 23.6. The van der Waals surface area contributed by atoms with E-state index in [9.17, 15) is 14.7 Å².